The second-order valence-electron chi connectivity index (χ2n) is 3.74. The van der Waals surface area contributed by atoms with Crippen molar-refractivity contribution in [3.63, 3.8) is 0 Å². The summed E-state index contributed by atoms with van der Waals surface area (Å²) in [5.74, 6) is 0. The monoisotopic (exact) mass is 316 g/mol. The molecule has 2 unspecified atom stereocenters. The molecular formula is C12H10Cl2N2O2S. The zero-order valence-electron chi connectivity index (χ0n) is 9.61. The number of aromatic nitrogens is 2. The van der Waals surface area contributed by atoms with Crippen molar-refractivity contribution >= 4 is 40.3 Å². The summed E-state index contributed by atoms with van der Waals surface area (Å²) in [6.07, 6.45) is 4.85. The summed E-state index contributed by atoms with van der Waals surface area (Å²) in [6.45, 7) is 0. The number of hydrogen-bond donors (Lipinski definition) is 1. The molecule has 0 saturated carbocycles. The molecule has 1 aromatic heterocycles. The Morgan fingerprint density at radius 1 is 1.37 bits per heavy atom. The predicted octanol–water partition coefficient (Wildman–Crippen LogP) is 4.43. The summed E-state index contributed by atoms with van der Waals surface area (Å²) in [7, 11) is 0. The van der Waals surface area contributed by atoms with Crippen LogP contribution in [0.25, 0.3) is 0 Å². The normalized spacial score (nSPS) is 14.0. The van der Waals surface area contributed by atoms with Crippen molar-refractivity contribution in [2.24, 2.45) is 0 Å². The molecule has 2 aromatic rings. The van der Waals surface area contributed by atoms with Crippen molar-refractivity contribution < 1.29 is 9.90 Å². The summed E-state index contributed by atoms with van der Waals surface area (Å²) in [6, 6.07) is 6.97. The Hall–Kier alpha value is -1.17. The molecule has 1 heterocycles. The van der Waals surface area contributed by atoms with E-state index in [1.807, 2.05) is 0 Å². The van der Waals surface area contributed by atoms with Gasteiger partial charge < -0.3 is 9.67 Å². The molecule has 0 bridgehead atoms. The van der Waals surface area contributed by atoms with Crippen LogP contribution in [0.1, 0.15) is 16.3 Å². The molecule has 0 radical (unpaired) electrons. The van der Waals surface area contributed by atoms with Crippen molar-refractivity contribution in [1.29, 1.82) is 0 Å². The van der Waals surface area contributed by atoms with E-state index in [4.69, 9.17) is 28.3 Å². The van der Waals surface area contributed by atoms with Crippen molar-refractivity contribution in [2.45, 2.75) is 10.8 Å². The fraction of sp³-hybridized carbons (Fsp3) is 0.167. The molecule has 100 valence electrons. The number of alkyl halides is 1. The van der Waals surface area contributed by atoms with Gasteiger partial charge >= 0.3 is 5.30 Å². The molecule has 1 aromatic carbocycles. The molecule has 0 aliphatic carbocycles. The Morgan fingerprint density at radius 3 is 2.58 bits per heavy atom. The molecule has 2 atom stereocenters. The molecule has 7 heteroatoms. The molecular weight excluding hydrogens is 307 g/mol. The summed E-state index contributed by atoms with van der Waals surface area (Å²) in [5.41, 5.74) is 0.246. The van der Waals surface area contributed by atoms with Crippen LogP contribution < -0.4 is 0 Å². The number of imidazole rings is 1. The maximum absolute atomic E-state index is 11.0. The highest BCUT2D eigenvalue weighted by Gasteiger charge is 2.26. The van der Waals surface area contributed by atoms with Gasteiger partial charge in [-0.05, 0) is 29.5 Å². The molecule has 1 N–H and O–H groups in total. The number of rotatable bonds is 4. The van der Waals surface area contributed by atoms with E-state index < -0.39 is 16.1 Å². The quantitative estimate of drug-likeness (QED) is 0.848. The molecule has 0 spiro atoms. The van der Waals surface area contributed by atoms with Gasteiger partial charge in [-0.3, -0.25) is 0 Å². The van der Waals surface area contributed by atoms with Crippen LogP contribution >= 0.6 is 35.0 Å². The zero-order chi connectivity index (χ0) is 13.8. The molecule has 0 saturated heterocycles. The SMILES string of the molecule is O=C(O)SC(c1ccc(Cl)cc1)C(Cl)n1ccnc1. The van der Waals surface area contributed by atoms with E-state index in [2.05, 4.69) is 4.98 Å². The van der Waals surface area contributed by atoms with Gasteiger partial charge in [-0.25, -0.2) is 9.78 Å². The lowest BCUT2D eigenvalue weighted by Crippen LogP contribution is -2.11. The third-order valence-electron chi connectivity index (χ3n) is 2.49. The zero-order valence-corrected chi connectivity index (χ0v) is 11.9. The predicted molar refractivity (Wildman–Crippen MR) is 76.9 cm³/mol. The number of thioether (sulfide) groups is 1. The van der Waals surface area contributed by atoms with Gasteiger partial charge in [-0.15, -0.1) is 0 Å². The number of halogens is 2. The van der Waals surface area contributed by atoms with E-state index in [1.54, 1.807) is 47.6 Å². The second-order valence-corrected chi connectivity index (χ2v) is 5.71. The van der Waals surface area contributed by atoms with Crippen molar-refractivity contribution in [3.8, 4) is 0 Å². The van der Waals surface area contributed by atoms with Crippen LogP contribution in [-0.4, -0.2) is 20.0 Å². The molecule has 0 aliphatic heterocycles. The summed E-state index contributed by atoms with van der Waals surface area (Å²) in [4.78, 5) is 14.9. The minimum atomic E-state index is -0.981. The fourth-order valence-corrected chi connectivity index (χ4v) is 2.92. The average molecular weight is 317 g/mol. The molecule has 0 aliphatic rings. The van der Waals surface area contributed by atoms with Gasteiger partial charge in [0.25, 0.3) is 0 Å². The van der Waals surface area contributed by atoms with Crippen LogP contribution in [0.3, 0.4) is 0 Å². The van der Waals surface area contributed by atoms with Gasteiger partial charge in [0.2, 0.25) is 0 Å². The summed E-state index contributed by atoms with van der Waals surface area (Å²) >= 11 is 12.9. The van der Waals surface area contributed by atoms with Gasteiger partial charge in [0.05, 0.1) is 11.6 Å². The van der Waals surface area contributed by atoms with Gasteiger partial charge in [0.15, 0.2) is 0 Å². The lowest BCUT2D eigenvalue weighted by molar-refractivity contribution is 0.222. The highest BCUT2D eigenvalue weighted by molar-refractivity contribution is 8.13. The Morgan fingerprint density at radius 2 is 2.05 bits per heavy atom. The Kier molecular flexibility index (Phi) is 4.74. The highest BCUT2D eigenvalue weighted by atomic mass is 35.5. The minimum absolute atomic E-state index is 0.439. The first-order chi connectivity index (χ1) is 9.08. The molecule has 19 heavy (non-hydrogen) atoms. The maximum Gasteiger partial charge on any atom is 0.365 e. The van der Waals surface area contributed by atoms with Crippen molar-refractivity contribution in [3.05, 3.63) is 53.6 Å². The minimum Gasteiger partial charge on any atom is -0.473 e. The number of nitrogens with zero attached hydrogens (tertiary/aromatic N) is 2. The average Bonchev–Trinajstić information content (AvgIpc) is 2.90. The van der Waals surface area contributed by atoms with Crippen molar-refractivity contribution in [1.82, 2.24) is 9.55 Å². The molecule has 0 fully saturated rings. The van der Waals surface area contributed by atoms with Crippen LogP contribution in [-0.2, 0) is 0 Å². The lowest BCUT2D eigenvalue weighted by Gasteiger charge is -2.21. The van der Waals surface area contributed by atoms with Crippen LogP contribution in [0, 0.1) is 0 Å². The first kappa shape index (κ1) is 14.2. The second kappa shape index (κ2) is 6.32. The largest absolute Gasteiger partial charge is 0.473 e. The third kappa shape index (κ3) is 3.65. The fourth-order valence-electron chi connectivity index (χ4n) is 1.62. The summed E-state index contributed by atoms with van der Waals surface area (Å²) in [5, 5.41) is 8.17. The maximum atomic E-state index is 11.0. The van der Waals surface area contributed by atoms with E-state index in [1.165, 1.54) is 0 Å². The first-order valence-corrected chi connectivity index (χ1v) is 7.04. The van der Waals surface area contributed by atoms with Crippen LogP contribution in [0.2, 0.25) is 5.02 Å². The van der Waals surface area contributed by atoms with Crippen molar-refractivity contribution in [2.75, 3.05) is 0 Å². The smallest absolute Gasteiger partial charge is 0.365 e. The highest BCUT2D eigenvalue weighted by Crippen LogP contribution is 2.41. The lowest BCUT2D eigenvalue weighted by atomic mass is 10.1. The van der Waals surface area contributed by atoms with Crippen LogP contribution in [0.5, 0.6) is 0 Å². The van der Waals surface area contributed by atoms with Gasteiger partial charge in [0.1, 0.15) is 5.50 Å². The molecule has 4 nitrogen and oxygen atoms in total. The van der Waals surface area contributed by atoms with Crippen LogP contribution in [0.4, 0.5) is 4.79 Å². The van der Waals surface area contributed by atoms with E-state index in [0.717, 1.165) is 17.3 Å². The Bertz CT molecular complexity index is 545. The Labute approximate surface area is 124 Å². The van der Waals surface area contributed by atoms with E-state index >= 15 is 0 Å². The van der Waals surface area contributed by atoms with E-state index in [0.29, 0.717) is 5.02 Å². The number of carbonyl (C=O) groups is 1. The standard InChI is InChI=1S/C12H10Cl2N2O2S/c13-9-3-1-8(2-4-9)10(19-12(17)18)11(14)16-6-5-15-7-16/h1-7,10-11H,(H,17,18). The molecule has 2 rings (SSSR count). The third-order valence-corrected chi connectivity index (χ3v) is 4.35. The van der Waals surface area contributed by atoms with E-state index in [9.17, 15) is 4.79 Å². The topological polar surface area (TPSA) is 55.1 Å². The first-order valence-electron chi connectivity index (χ1n) is 5.34. The van der Waals surface area contributed by atoms with Gasteiger partial charge in [-0.1, -0.05) is 35.3 Å². The van der Waals surface area contributed by atoms with Gasteiger partial charge in [0, 0.05) is 17.4 Å². The van der Waals surface area contributed by atoms with E-state index in [-0.39, 0.29) is 0 Å². The van der Waals surface area contributed by atoms with Gasteiger partial charge in [-0.2, -0.15) is 0 Å². The number of benzene rings is 1. The van der Waals surface area contributed by atoms with Crippen LogP contribution in [0.15, 0.2) is 43.0 Å². The number of carboxylic acid groups (broad SMARTS) is 1. The Balaban J connectivity index is 2.30. The number of hydrogen-bond acceptors (Lipinski definition) is 3. The molecule has 0 amide bonds. The summed E-state index contributed by atoms with van der Waals surface area (Å²) < 4.78 is 1.66.